The molecule has 5 heteroatoms. The third-order valence-electron chi connectivity index (χ3n) is 2.64. The molecule has 1 heterocycles. The highest BCUT2D eigenvalue weighted by atomic mass is 16.6. The van der Waals surface area contributed by atoms with Gasteiger partial charge in [0.05, 0.1) is 6.61 Å². The summed E-state index contributed by atoms with van der Waals surface area (Å²) in [7, 11) is 0. The molecule has 1 unspecified atom stereocenters. The number of nitrogens with one attached hydrogen (secondary N) is 1. The van der Waals surface area contributed by atoms with E-state index in [0.29, 0.717) is 6.54 Å². The highest BCUT2D eigenvalue weighted by Crippen LogP contribution is 2.11. The average molecular weight is 244 g/mol. The summed E-state index contributed by atoms with van der Waals surface area (Å²) in [6.45, 7) is 8.18. The first kappa shape index (κ1) is 14.3. The Hall–Kier alpha value is -0.810. The summed E-state index contributed by atoms with van der Waals surface area (Å²) in [5.41, 5.74) is -0.455. The lowest BCUT2D eigenvalue weighted by molar-refractivity contribution is 0.0468. The van der Waals surface area contributed by atoms with Crippen LogP contribution in [0.5, 0.6) is 0 Å². The Labute approximate surface area is 103 Å². The van der Waals surface area contributed by atoms with Crippen molar-refractivity contribution in [2.45, 2.75) is 45.3 Å². The zero-order valence-electron chi connectivity index (χ0n) is 11.0. The number of β-amino-alcohol motifs (C(OH)–C–C–N with tert-alkyl or cyclic N) is 1. The molecule has 1 aliphatic heterocycles. The Morgan fingerprint density at radius 1 is 1.53 bits per heavy atom. The number of amides is 1. The van der Waals surface area contributed by atoms with Crippen molar-refractivity contribution in [1.82, 2.24) is 10.2 Å². The third kappa shape index (κ3) is 5.89. The molecule has 1 aliphatic rings. The first-order valence-corrected chi connectivity index (χ1v) is 6.23. The Kier molecular flexibility index (Phi) is 5.21. The van der Waals surface area contributed by atoms with E-state index in [9.17, 15) is 4.79 Å². The van der Waals surface area contributed by atoms with Crippen molar-refractivity contribution >= 4 is 6.09 Å². The van der Waals surface area contributed by atoms with Gasteiger partial charge in [0, 0.05) is 19.1 Å². The Morgan fingerprint density at radius 3 is 2.82 bits per heavy atom. The maximum absolute atomic E-state index is 11.6. The molecule has 1 rings (SSSR count). The van der Waals surface area contributed by atoms with Gasteiger partial charge in [-0.1, -0.05) is 0 Å². The molecule has 5 nitrogen and oxygen atoms in total. The van der Waals surface area contributed by atoms with Crippen LogP contribution >= 0.6 is 0 Å². The van der Waals surface area contributed by atoms with E-state index in [1.165, 1.54) is 0 Å². The number of alkyl carbamates (subject to hydrolysis) is 1. The Morgan fingerprint density at radius 2 is 2.24 bits per heavy atom. The van der Waals surface area contributed by atoms with E-state index < -0.39 is 5.60 Å². The summed E-state index contributed by atoms with van der Waals surface area (Å²) in [6.07, 6.45) is 1.66. The number of ether oxygens (including phenoxy) is 1. The number of carbonyl (C=O) groups is 1. The molecule has 17 heavy (non-hydrogen) atoms. The molecule has 1 saturated heterocycles. The number of carbonyl (C=O) groups excluding carboxylic acids is 1. The number of piperidine rings is 1. The van der Waals surface area contributed by atoms with Gasteiger partial charge in [-0.05, 0) is 40.2 Å². The van der Waals surface area contributed by atoms with Crippen LogP contribution in [0.25, 0.3) is 0 Å². The van der Waals surface area contributed by atoms with Gasteiger partial charge in [-0.25, -0.2) is 4.79 Å². The minimum Gasteiger partial charge on any atom is -0.444 e. The maximum atomic E-state index is 11.6. The number of rotatable bonds is 3. The monoisotopic (exact) mass is 244 g/mol. The number of nitrogens with zero attached hydrogens (tertiary/aromatic N) is 1. The predicted octanol–water partition coefficient (Wildman–Crippen LogP) is 0.968. The molecule has 0 aromatic heterocycles. The summed E-state index contributed by atoms with van der Waals surface area (Å²) in [4.78, 5) is 13.7. The SMILES string of the molecule is CC(C)(C)OC(=O)NC1CCCN(CCO)C1. The van der Waals surface area contributed by atoms with Crippen molar-refractivity contribution in [3.05, 3.63) is 0 Å². The second kappa shape index (κ2) is 6.21. The Bertz CT molecular complexity index is 249. The van der Waals surface area contributed by atoms with Gasteiger partial charge in [0.2, 0.25) is 0 Å². The predicted molar refractivity (Wildman–Crippen MR) is 65.9 cm³/mol. The average Bonchev–Trinajstić information content (AvgIpc) is 2.15. The van der Waals surface area contributed by atoms with Gasteiger partial charge in [-0.2, -0.15) is 0 Å². The van der Waals surface area contributed by atoms with Gasteiger partial charge in [-0.15, -0.1) is 0 Å². The molecular weight excluding hydrogens is 220 g/mol. The number of hydrogen-bond donors (Lipinski definition) is 2. The highest BCUT2D eigenvalue weighted by molar-refractivity contribution is 5.68. The third-order valence-corrected chi connectivity index (χ3v) is 2.64. The minimum absolute atomic E-state index is 0.130. The van der Waals surface area contributed by atoms with Crippen LogP contribution in [0.1, 0.15) is 33.6 Å². The van der Waals surface area contributed by atoms with Crippen molar-refractivity contribution in [3.63, 3.8) is 0 Å². The van der Waals surface area contributed by atoms with E-state index >= 15 is 0 Å². The summed E-state index contributed by atoms with van der Waals surface area (Å²) in [5, 5.41) is 11.8. The van der Waals surface area contributed by atoms with Crippen molar-refractivity contribution < 1.29 is 14.6 Å². The molecule has 0 saturated carbocycles. The van der Waals surface area contributed by atoms with Gasteiger partial charge >= 0.3 is 6.09 Å². The molecule has 0 radical (unpaired) electrons. The van der Waals surface area contributed by atoms with E-state index in [1.807, 2.05) is 20.8 Å². The van der Waals surface area contributed by atoms with Crippen LogP contribution in [0.4, 0.5) is 4.79 Å². The van der Waals surface area contributed by atoms with E-state index in [2.05, 4.69) is 10.2 Å². The number of hydrogen-bond acceptors (Lipinski definition) is 4. The standard InChI is InChI=1S/C12H24N2O3/c1-12(2,3)17-11(16)13-10-5-4-6-14(9-10)7-8-15/h10,15H,4-9H2,1-3H3,(H,13,16). The fraction of sp³-hybridized carbons (Fsp3) is 0.917. The van der Waals surface area contributed by atoms with Crippen LogP contribution < -0.4 is 5.32 Å². The topological polar surface area (TPSA) is 61.8 Å². The summed E-state index contributed by atoms with van der Waals surface area (Å²) in [5.74, 6) is 0. The lowest BCUT2D eigenvalue weighted by Gasteiger charge is -2.33. The van der Waals surface area contributed by atoms with Crippen LogP contribution in [-0.2, 0) is 4.74 Å². The molecule has 0 spiro atoms. The smallest absolute Gasteiger partial charge is 0.407 e. The lowest BCUT2D eigenvalue weighted by Crippen LogP contribution is -2.49. The largest absolute Gasteiger partial charge is 0.444 e. The van der Waals surface area contributed by atoms with Gasteiger partial charge in [0.25, 0.3) is 0 Å². The van der Waals surface area contributed by atoms with E-state index in [1.54, 1.807) is 0 Å². The van der Waals surface area contributed by atoms with Gasteiger partial charge in [0.1, 0.15) is 5.60 Å². The highest BCUT2D eigenvalue weighted by Gasteiger charge is 2.23. The zero-order chi connectivity index (χ0) is 12.9. The Balaban J connectivity index is 2.33. The maximum Gasteiger partial charge on any atom is 0.407 e. The number of aliphatic hydroxyl groups is 1. The molecule has 0 bridgehead atoms. The molecule has 2 N–H and O–H groups in total. The quantitative estimate of drug-likeness (QED) is 0.776. The van der Waals surface area contributed by atoms with E-state index in [-0.39, 0.29) is 18.7 Å². The normalized spacial score (nSPS) is 22.2. The summed E-state index contributed by atoms with van der Waals surface area (Å²) in [6, 6.07) is 0.130. The van der Waals surface area contributed by atoms with Crippen molar-refractivity contribution in [2.24, 2.45) is 0 Å². The van der Waals surface area contributed by atoms with Gasteiger partial charge in [0.15, 0.2) is 0 Å². The number of aliphatic hydroxyl groups excluding tert-OH is 1. The molecule has 100 valence electrons. The first-order valence-electron chi connectivity index (χ1n) is 6.23. The summed E-state index contributed by atoms with van der Waals surface area (Å²) >= 11 is 0. The van der Waals surface area contributed by atoms with Crippen molar-refractivity contribution in [1.29, 1.82) is 0 Å². The first-order chi connectivity index (χ1) is 7.90. The van der Waals surface area contributed by atoms with E-state index in [4.69, 9.17) is 9.84 Å². The van der Waals surface area contributed by atoms with E-state index in [0.717, 1.165) is 25.9 Å². The van der Waals surface area contributed by atoms with Gasteiger partial charge < -0.3 is 15.2 Å². The van der Waals surface area contributed by atoms with Crippen LogP contribution in [0, 0.1) is 0 Å². The molecule has 1 atom stereocenters. The van der Waals surface area contributed by atoms with Crippen molar-refractivity contribution in [3.8, 4) is 0 Å². The molecule has 1 amide bonds. The van der Waals surface area contributed by atoms with Crippen molar-refractivity contribution in [2.75, 3.05) is 26.2 Å². The van der Waals surface area contributed by atoms with Crippen LogP contribution in [0.3, 0.4) is 0 Å². The fourth-order valence-corrected chi connectivity index (χ4v) is 1.99. The molecule has 0 aromatic rings. The molecular formula is C12H24N2O3. The fourth-order valence-electron chi connectivity index (χ4n) is 1.99. The molecule has 0 aromatic carbocycles. The zero-order valence-corrected chi connectivity index (χ0v) is 11.0. The second-order valence-corrected chi connectivity index (χ2v) is 5.51. The van der Waals surface area contributed by atoms with Crippen LogP contribution in [0.2, 0.25) is 0 Å². The second-order valence-electron chi connectivity index (χ2n) is 5.51. The van der Waals surface area contributed by atoms with Crippen LogP contribution in [-0.4, -0.2) is 54.0 Å². The lowest BCUT2D eigenvalue weighted by atomic mass is 10.1. The molecule has 1 fully saturated rings. The van der Waals surface area contributed by atoms with Crippen LogP contribution in [0.15, 0.2) is 0 Å². The molecule has 0 aliphatic carbocycles. The summed E-state index contributed by atoms with van der Waals surface area (Å²) < 4.78 is 5.22. The van der Waals surface area contributed by atoms with Gasteiger partial charge in [-0.3, -0.25) is 4.90 Å². The minimum atomic E-state index is -0.455. The number of likely N-dealkylation sites (tertiary alicyclic amines) is 1.